The van der Waals surface area contributed by atoms with Crippen molar-refractivity contribution < 1.29 is 9.59 Å². The zero-order valence-electron chi connectivity index (χ0n) is 10.7. The molecule has 0 unspecified atom stereocenters. The normalized spacial score (nSPS) is 17.1. The molecule has 0 spiro atoms. The van der Waals surface area contributed by atoms with E-state index in [1.807, 2.05) is 13.8 Å². The Bertz CT molecular complexity index is 326. The Morgan fingerprint density at radius 1 is 1.24 bits per heavy atom. The van der Waals surface area contributed by atoms with Gasteiger partial charge in [-0.15, -0.1) is 0 Å². The van der Waals surface area contributed by atoms with E-state index in [-0.39, 0.29) is 17.2 Å². The molecule has 1 heterocycles. The van der Waals surface area contributed by atoms with E-state index in [0.717, 1.165) is 19.3 Å². The summed E-state index contributed by atoms with van der Waals surface area (Å²) in [5.74, 6) is -0.0819. The van der Waals surface area contributed by atoms with Crippen LogP contribution in [0, 0.1) is 16.7 Å². The predicted octanol–water partition coefficient (Wildman–Crippen LogP) is 2.25. The molecule has 0 aliphatic carbocycles. The second-order valence-corrected chi connectivity index (χ2v) is 5.25. The highest BCUT2D eigenvalue weighted by atomic mass is 16.2. The fraction of sp³-hybridized carbons (Fsp3) is 0.769. The van der Waals surface area contributed by atoms with Crippen LogP contribution in [0.3, 0.4) is 0 Å². The molecule has 0 aromatic heterocycles. The number of nitriles is 1. The van der Waals surface area contributed by atoms with Crippen molar-refractivity contribution in [1.29, 1.82) is 5.26 Å². The van der Waals surface area contributed by atoms with Crippen LogP contribution in [0.15, 0.2) is 0 Å². The van der Waals surface area contributed by atoms with Crippen LogP contribution in [0.1, 0.15) is 52.4 Å². The third kappa shape index (κ3) is 4.18. The Hall–Kier alpha value is -1.37. The first-order valence-electron chi connectivity index (χ1n) is 6.21. The highest BCUT2D eigenvalue weighted by Gasteiger charge is 2.25. The van der Waals surface area contributed by atoms with Gasteiger partial charge in [0.05, 0.1) is 11.5 Å². The van der Waals surface area contributed by atoms with Crippen molar-refractivity contribution in [1.82, 2.24) is 4.90 Å². The van der Waals surface area contributed by atoms with Crippen molar-refractivity contribution in [2.75, 3.05) is 6.54 Å². The second-order valence-electron chi connectivity index (χ2n) is 5.25. The van der Waals surface area contributed by atoms with Crippen molar-refractivity contribution in [3.63, 3.8) is 0 Å². The fourth-order valence-electron chi connectivity index (χ4n) is 1.94. The lowest BCUT2D eigenvalue weighted by Gasteiger charge is -2.25. The maximum Gasteiger partial charge on any atom is 0.229 e. The maximum atomic E-state index is 11.5. The van der Waals surface area contributed by atoms with Crippen LogP contribution in [0.4, 0.5) is 0 Å². The molecule has 1 saturated heterocycles. The van der Waals surface area contributed by atoms with Gasteiger partial charge in [-0.3, -0.25) is 14.5 Å². The van der Waals surface area contributed by atoms with Crippen LogP contribution < -0.4 is 0 Å². The first kappa shape index (κ1) is 13.7. The summed E-state index contributed by atoms with van der Waals surface area (Å²) in [5.41, 5.74) is -0.310. The molecule has 17 heavy (non-hydrogen) atoms. The van der Waals surface area contributed by atoms with Gasteiger partial charge in [0, 0.05) is 19.4 Å². The number of hydrogen-bond donors (Lipinski definition) is 0. The van der Waals surface area contributed by atoms with Crippen LogP contribution in [-0.2, 0) is 9.59 Å². The van der Waals surface area contributed by atoms with Crippen molar-refractivity contribution in [2.24, 2.45) is 5.41 Å². The van der Waals surface area contributed by atoms with Gasteiger partial charge in [0.25, 0.3) is 0 Å². The summed E-state index contributed by atoms with van der Waals surface area (Å²) >= 11 is 0. The number of nitrogens with zero attached hydrogens (tertiary/aromatic N) is 2. The van der Waals surface area contributed by atoms with E-state index >= 15 is 0 Å². The summed E-state index contributed by atoms with van der Waals surface area (Å²) in [6.45, 7) is 4.33. The van der Waals surface area contributed by atoms with Crippen LogP contribution in [0.2, 0.25) is 0 Å². The number of imide groups is 1. The molecule has 0 saturated carbocycles. The lowest BCUT2D eigenvalue weighted by atomic mass is 9.89. The number of piperidine rings is 1. The van der Waals surface area contributed by atoms with Crippen LogP contribution in [0.25, 0.3) is 0 Å². The molecular weight excluding hydrogens is 216 g/mol. The quantitative estimate of drug-likeness (QED) is 0.543. The minimum absolute atomic E-state index is 0.0409. The van der Waals surface area contributed by atoms with Crippen molar-refractivity contribution >= 4 is 11.8 Å². The van der Waals surface area contributed by atoms with Gasteiger partial charge < -0.3 is 0 Å². The largest absolute Gasteiger partial charge is 0.283 e. The molecule has 0 atom stereocenters. The zero-order valence-corrected chi connectivity index (χ0v) is 10.7. The molecule has 94 valence electrons. The molecule has 2 amide bonds. The van der Waals surface area contributed by atoms with E-state index in [1.165, 1.54) is 4.90 Å². The summed E-state index contributed by atoms with van der Waals surface area (Å²) in [5, 5.41) is 8.86. The molecule has 4 nitrogen and oxygen atoms in total. The summed E-state index contributed by atoms with van der Waals surface area (Å²) in [7, 11) is 0. The number of unbranched alkanes of at least 4 members (excludes halogenated alkanes) is 1. The van der Waals surface area contributed by atoms with Crippen molar-refractivity contribution in [3.8, 4) is 6.07 Å². The van der Waals surface area contributed by atoms with Gasteiger partial charge in [0.2, 0.25) is 11.8 Å². The molecule has 0 N–H and O–H groups in total. The molecule has 4 heteroatoms. The Balaban J connectivity index is 2.29. The molecule has 0 aromatic carbocycles. The molecular formula is C13H20N2O2. The number of rotatable bonds is 5. The first-order chi connectivity index (χ1) is 7.96. The molecule has 1 fully saturated rings. The van der Waals surface area contributed by atoms with Gasteiger partial charge in [0.15, 0.2) is 0 Å². The topological polar surface area (TPSA) is 61.2 Å². The van der Waals surface area contributed by atoms with E-state index in [2.05, 4.69) is 6.07 Å². The predicted molar refractivity (Wildman–Crippen MR) is 63.8 cm³/mol. The zero-order chi connectivity index (χ0) is 12.9. The monoisotopic (exact) mass is 236 g/mol. The molecule has 0 aromatic rings. The Labute approximate surface area is 103 Å². The maximum absolute atomic E-state index is 11.5. The first-order valence-corrected chi connectivity index (χ1v) is 6.21. The third-order valence-electron chi connectivity index (χ3n) is 3.12. The standard InChI is InChI=1S/C13H20N2O2/c1-13(2,10-14)8-3-4-9-15-11(16)6-5-7-12(15)17/h3-9H2,1-2H3. The van der Waals surface area contributed by atoms with E-state index in [4.69, 9.17) is 5.26 Å². The fourth-order valence-corrected chi connectivity index (χ4v) is 1.94. The second kappa shape index (κ2) is 5.81. The van der Waals surface area contributed by atoms with E-state index < -0.39 is 0 Å². The number of carbonyl (C=O) groups excluding carboxylic acids is 2. The summed E-state index contributed by atoms with van der Waals surface area (Å²) in [4.78, 5) is 24.4. The number of likely N-dealkylation sites (tertiary alicyclic amines) is 1. The number of amides is 2. The minimum atomic E-state index is -0.310. The summed E-state index contributed by atoms with van der Waals surface area (Å²) in [6.07, 6.45) is 4.15. The Kier molecular flexibility index (Phi) is 4.68. The highest BCUT2D eigenvalue weighted by molar-refractivity contribution is 5.97. The lowest BCUT2D eigenvalue weighted by molar-refractivity contribution is -0.148. The van der Waals surface area contributed by atoms with E-state index in [0.29, 0.717) is 25.8 Å². The Morgan fingerprint density at radius 3 is 2.35 bits per heavy atom. The smallest absolute Gasteiger partial charge is 0.229 e. The SMILES string of the molecule is CC(C)(C#N)CCCCN1C(=O)CCCC1=O. The van der Waals surface area contributed by atoms with Gasteiger partial charge in [-0.25, -0.2) is 0 Å². The average Bonchev–Trinajstić information content (AvgIpc) is 2.27. The van der Waals surface area contributed by atoms with Crippen molar-refractivity contribution in [3.05, 3.63) is 0 Å². The average molecular weight is 236 g/mol. The van der Waals surface area contributed by atoms with Crippen molar-refractivity contribution in [2.45, 2.75) is 52.4 Å². The van der Waals surface area contributed by atoms with Gasteiger partial charge in [-0.05, 0) is 33.1 Å². The lowest BCUT2D eigenvalue weighted by Crippen LogP contribution is -2.40. The van der Waals surface area contributed by atoms with Gasteiger partial charge in [0.1, 0.15) is 0 Å². The minimum Gasteiger partial charge on any atom is -0.283 e. The molecule has 1 aliphatic heterocycles. The van der Waals surface area contributed by atoms with Crippen LogP contribution in [0.5, 0.6) is 0 Å². The van der Waals surface area contributed by atoms with Gasteiger partial charge in [-0.1, -0.05) is 6.42 Å². The number of hydrogen-bond acceptors (Lipinski definition) is 3. The van der Waals surface area contributed by atoms with Crippen LogP contribution >= 0.6 is 0 Å². The molecule has 1 rings (SSSR count). The molecule has 1 aliphatic rings. The third-order valence-corrected chi connectivity index (χ3v) is 3.12. The summed E-state index contributed by atoms with van der Waals surface area (Å²) < 4.78 is 0. The summed E-state index contributed by atoms with van der Waals surface area (Å²) in [6, 6.07) is 2.25. The van der Waals surface area contributed by atoms with E-state index in [9.17, 15) is 9.59 Å². The highest BCUT2D eigenvalue weighted by Crippen LogP contribution is 2.22. The molecule has 0 bridgehead atoms. The number of carbonyl (C=O) groups is 2. The van der Waals surface area contributed by atoms with Gasteiger partial charge >= 0.3 is 0 Å². The van der Waals surface area contributed by atoms with Crippen LogP contribution in [-0.4, -0.2) is 23.3 Å². The van der Waals surface area contributed by atoms with E-state index in [1.54, 1.807) is 0 Å². The molecule has 0 radical (unpaired) electrons. The Morgan fingerprint density at radius 2 is 1.82 bits per heavy atom. The van der Waals surface area contributed by atoms with Gasteiger partial charge in [-0.2, -0.15) is 5.26 Å².